The molecule has 9 nitrogen and oxygen atoms in total. The standard InChI is InChI=1S/C23H29N5O4/c1-13(2)9-10-32-18-8-7-16(12-19(18)31-6)22(29)25-26-23(30)17-11-14(3)24-21-20(17)15(4)27-28(21)5/h7-8,11-13H,9-10H2,1-6H3,(H,25,29)(H,26,30). The number of hydrogen-bond donors (Lipinski definition) is 2. The average Bonchev–Trinajstić information content (AvgIpc) is 3.04. The van der Waals surface area contributed by atoms with Gasteiger partial charge in [-0.2, -0.15) is 5.10 Å². The molecular weight excluding hydrogens is 410 g/mol. The lowest BCUT2D eigenvalue weighted by molar-refractivity contribution is 0.0847. The average molecular weight is 440 g/mol. The van der Waals surface area contributed by atoms with Crippen molar-refractivity contribution in [3.63, 3.8) is 0 Å². The molecule has 0 saturated carbocycles. The molecule has 3 rings (SSSR count). The second kappa shape index (κ2) is 9.67. The zero-order chi connectivity index (χ0) is 23.4. The summed E-state index contributed by atoms with van der Waals surface area (Å²) in [5.41, 5.74) is 7.62. The highest BCUT2D eigenvalue weighted by molar-refractivity contribution is 6.07. The smallest absolute Gasteiger partial charge is 0.270 e. The summed E-state index contributed by atoms with van der Waals surface area (Å²) in [4.78, 5) is 29.9. The molecule has 1 aromatic carbocycles. The predicted octanol–water partition coefficient (Wildman–Crippen LogP) is 3.09. The van der Waals surface area contributed by atoms with Crippen LogP contribution in [0.25, 0.3) is 11.0 Å². The summed E-state index contributed by atoms with van der Waals surface area (Å²) in [5, 5.41) is 4.98. The monoisotopic (exact) mass is 439 g/mol. The maximum atomic E-state index is 12.8. The van der Waals surface area contributed by atoms with Crippen molar-refractivity contribution < 1.29 is 19.1 Å². The summed E-state index contributed by atoms with van der Waals surface area (Å²) in [6, 6.07) is 6.55. The van der Waals surface area contributed by atoms with E-state index >= 15 is 0 Å². The number of carbonyl (C=O) groups is 2. The Labute approximate surface area is 187 Å². The van der Waals surface area contributed by atoms with Crippen molar-refractivity contribution in [3.05, 3.63) is 46.8 Å². The van der Waals surface area contributed by atoms with Crippen molar-refractivity contribution in [1.29, 1.82) is 0 Å². The quantitative estimate of drug-likeness (QED) is 0.548. The molecule has 0 saturated heterocycles. The van der Waals surface area contributed by atoms with Gasteiger partial charge in [0.15, 0.2) is 17.1 Å². The third-order valence-corrected chi connectivity index (χ3v) is 5.01. The Balaban J connectivity index is 1.72. The zero-order valence-corrected chi connectivity index (χ0v) is 19.3. The van der Waals surface area contributed by atoms with Gasteiger partial charge in [-0.3, -0.25) is 25.1 Å². The maximum Gasteiger partial charge on any atom is 0.270 e. The minimum absolute atomic E-state index is 0.326. The van der Waals surface area contributed by atoms with Gasteiger partial charge in [-0.1, -0.05) is 13.8 Å². The molecule has 2 aromatic heterocycles. The molecular formula is C23H29N5O4. The molecule has 3 aromatic rings. The fourth-order valence-corrected chi connectivity index (χ4v) is 3.33. The van der Waals surface area contributed by atoms with E-state index in [1.54, 1.807) is 42.9 Å². The van der Waals surface area contributed by atoms with Crippen LogP contribution in [-0.4, -0.2) is 40.3 Å². The Morgan fingerprint density at radius 1 is 1.09 bits per heavy atom. The van der Waals surface area contributed by atoms with Gasteiger partial charge in [0.1, 0.15) is 0 Å². The normalized spacial score (nSPS) is 11.0. The van der Waals surface area contributed by atoms with Crippen LogP contribution in [0.1, 0.15) is 52.4 Å². The van der Waals surface area contributed by atoms with Crippen LogP contribution >= 0.6 is 0 Å². The van der Waals surface area contributed by atoms with E-state index in [1.807, 2.05) is 6.92 Å². The molecule has 0 atom stereocenters. The van der Waals surface area contributed by atoms with Gasteiger partial charge >= 0.3 is 0 Å². The molecule has 0 spiro atoms. The number of ether oxygens (including phenoxy) is 2. The molecule has 170 valence electrons. The van der Waals surface area contributed by atoms with Gasteiger partial charge in [0.2, 0.25) is 0 Å². The number of aryl methyl sites for hydroxylation is 3. The SMILES string of the molecule is COc1cc(C(=O)NNC(=O)c2cc(C)nc3c2c(C)nn3C)ccc1OCCC(C)C. The van der Waals surface area contributed by atoms with E-state index in [0.29, 0.717) is 57.6 Å². The number of carbonyl (C=O) groups excluding carboxylic acids is 2. The summed E-state index contributed by atoms with van der Waals surface area (Å²) in [5.74, 6) is 0.608. The van der Waals surface area contributed by atoms with E-state index < -0.39 is 11.8 Å². The van der Waals surface area contributed by atoms with Crippen LogP contribution in [0.4, 0.5) is 0 Å². The highest BCUT2D eigenvalue weighted by Gasteiger charge is 2.19. The number of fused-ring (bicyclic) bond motifs is 1. The molecule has 32 heavy (non-hydrogen) atoms. The molecule has 2 N–H and O–H groups in total. The number of methoxy groups -OCH3 is 1. The Kier molecular flexibility index (Phi) is 6.97. The number of pyridine rings is 1. The fraction of sp³-hybridized carbons (Fsp3) is 0.391. The molecule has 0 bridgehead atoms. The molecule has 0 aliphatic heterocycles. The number of nitrogens with one attached hydrogen (secondary N) is 2. The summed E-state index contributed by atoms with van der Waals surface area (Å²) in [7, 11) is 3.29. The molecule has 2 heterocycles. The first-order chi connectivity index (χ1) is 15.2. The first kappa shape index (κ1) is 23.1. The van der Waals surface area contributed by atoms with E-state index in [9.17, 15) is 9.59 Å². The molecule has 0 fully saturated rings. The summed E-state index contributed by atoms with van der Waals surface area (Å²) >= 11 is 0. The topological polar surface area (TPSA) is 107 Å². The van der Waals surface area contributed by atoms with Crippen LogP contribution in [0, 0.1) is 19.8 Å². The molecule has 0 aliphatic carbocycles. The van der Waals surface area contributed by atoms with Gasteiger partial charge in [0.05, 0.1) is 30.4 Å². The largest absolute Gasteiger partial charge is 0.493 e. The first-order valence-corrected chi connectivity index (χ1v) is 10.4. The number of hydrazine groups is 1. The highest BCUT2D eigenvalue weighted by atomic mass is 16.5. The fourth-order valence-electron chi connectivity index (χ4n) is 3.33. The van der Waals surface area contributed by atoms with Crippen molar-refractivity contribution in [1.82, 2.24) is 25.6 Å². The van der Waals surface area contributed by atoms with Gasteiger partial charge in [-0.15, -0.1) is 0 Å². The number of nitrogens with zero attached hydrogens (tertiary/aromatic N) is 3. The highest BCUT2D eigenvalue weighted by Crippen LogP contribution is 2.28. The third-order valence-electron chi connectivity index (χ3n) is 5.01. The van der Waals surface area contributed by atoms with Crippen LogP contribution in [0.15, 0.2) is 24.3 Å². The van der Waals surface area contributed by atoms with Gasteiger partial charge < -0.3 is 9.47 Å². The minimum Gasteiger partial charge on any atom is -0.493 e. The lowest BCUT2D eigenvalue weighted by Gasteiger charge is -2.13. The number of aromatic nitrogens is 3. The first-order valence-electron chi connectivity index (χ1n) is 10.4. The number of hydrogen-bond acceptors (Lipinski definition) is 6. The number of benzene rings is 1. The Morgan fingerprint density at radius 3 is 2.50 bits per heavy atom. The van der Waals surface area contributed by atoms with Crippen molar-refractivity contribution in [3.8, 4) is 11.5 Å². The third kappa shape index (κ3) is 4.99. The van der Waals surface area contributed by atoms with E-state index in [1.165, 1.54) is 7.11 Å². The van der Waals surface area contributed by atoms with Crippen LogP contribution in [0.2, 0.25) is 0 Å². The van der Waals surface area contributed by atoms with E-state index in [4.69, 9.17) is 9.47 Å². The summed E-state index contributed by atoms with van der Waals surface area (Å²) < 4.78 is 12.7. The Hall–Kier alpha value is -3.62. The molecule has 0 radical (unpaired) electrons. The minimum atomic E-state index is -0.477. The Morgan fingerprint density at radius 2 is 1.81 bits per heavy atom. The van der Waals surface area contributed by atoms with E-state index in [-0.39, 0.29) is 0 Å². The van der Waals surface area contributed by atoms with Gasteiger partial charge in [-0.05, 0) is 50.5 Å². The number of rotatable bonds is 7. The molecule has 9 heteroatoms. The molecule has 0 aliphatic rings. The van der Waals surface area contributed by atoms with Crippen LogP contribution in [0.5, 0.6) is 11.5 Å². The van der Waals surface area contributed by atoms with Crippen molar-refractivity contribution in [2.24, 2.45) is 13.0 Å². The molecule has 0 unspecified atom stereocenters. The zero-order valence-electron chi connectivity index (χ0n) is 19.3. The maximum absolute atomic E-state index is 12.8. The van der Waals surface area contributed by atoms with Crippen LogP contribution in [-0.2, 0) is 7.05 Å². The van der Waals surface area contributed by atoms with Gasteiger partial charge in [-0.25, -0.2) is 4.98 Å². The van der Waals surface area contributed by atoms with E-state index in [0.717, 1.165) is 6.42 Å². The lowest BCUT2D eigenvalue weighted by Crippen LogP contribution is -2.41. The van der Waals surface area contributed by atoms with Gasteiger partial charge in [0, 0.05) is 18.3 Å². The van der Waals surface area contributed by atoms with Crippen LogP contribution < -0.4 is 20.3 Å². The second-order valence-electron chi connectivity index (χ2n) is 8.02. The van der Waals surface area contributed by atoms with Crippen LogP contribution in [0.3, 0.4) is 0 Å². The second-order valence-corrected chi connectivity index (χ2v) is 8.02. The number of amides is 2. The van der Waals surface area contributed by atoms with Crippen molar-refractivity contribution >= 4 is 22.8 Å². The van der Waals surface area contributed by atoms with Crippen molar-refractivity contribution in [2.75, 3.05) is 13.7 Å². The van der Waals surface area contributed by atoms with Crippen molar-refractivity contribution in [2.45, 2.75) is 34.1 Å². The lowest BCUT2D eigenvalue weighted by atomic mass is 10.1. The van der Waals surface area contributed by atoms with E-state index in [2.05, 4.69) is 34.8 Å². The van der Waals surface area contributed by atoms with Gasteiger partial charge in [0.25, 0.3) is 11.8 Å². The molecule has 2 amide bonds. The Bertz CT molecular complexity index is 1150. The predicted molar refractivity (Wildman–Crippen MR) is 121 cm³/mol. The summed E-state index contributed by atoms with van der Waals surface area (Å²) in [6.07, 6.45) is 0.912. The summed E-state index contributed by atoms with van der Waals surface area (Å²) in [6.45, 7) is 8.41.